The maximum absolute atomic E-state index is 12.3. The zero-order valence-electron chi connectivity index (χ0n) is 13.0. The molecule has 114 valence electrons. The molecule has 21 heavy (non-hydrogen) atoms. The second kappa shape index (κ2) is 7.62. The van der Waals surface area contributed by atoms with E-state index in [-0.39, 0.29) is 18.9 Å². The molecule has 0 aromatic heterocycles. The van der Waals surface area contributed by atoms with Gasteiger partial charge in [0.1, 0.15) is 5.60 Å². The van der Waals surface area contributed by atoms with E-state index in [9.17, 15) is 9.59 Å². The van der Waals surface area contributed by atoms with Gasteiger partial charge < -0.3 is 4.74 Å². The van der Waals surface area contributed by atoms with Crippen LogP contribution in [0, 0.1) is 0 Å². The van der Waals surface area contributed by atoms with Crippen molar-refractivity contribution in [3.63, 3.8) is 0 Å². The van der Waals surface area contributed by atoms with Gasteiger partial charge in [0.25, 0.3) is 0 Å². The summed E-state index contributed by atoms with van der Waals surface area (Å²) in [7, 11) is 0. The van der Waals surface area contributed by atoms with Crippen molar-refractivity contribution in [2.75, 3.05) is 6.54 Å². The standard InChI is InChI=1S/C17H23NO3/c1-5-6-12-18(16(20)21-17(2,3)4)15(19)13-14-10-8-7-9-11-14/h5,7-11H,1,6,12-13H2,2-4H3. The van der Waals surface area contributed by atoms with Gasteiger partial charge in [-0.25, -0.2) is 9.69 Å². The molecule has 0 saturated carbocycles. The zero-order valence-corrected chi connectivity index (χ0v) is 13.0. The van der Waals surface area contributed by atoms with Gasteiger partial charge >= 0.3 is 6.09 Å². The van der Waals surface area contributed by atoms with E-state index in [4.69, 9.17) is 4.74 Å². The first-order chi connectivity index (χ1) is 9.83. The van der Waals surface area contributed by atoms with Crippen molar-refractivity contribution in [3.05, 3.63) is 48.6 Å². The minimum absolute atomic E-state index is 0.178. The van der Waals surface area contributed by atoms with E-state index in [1.54, 1.807) is 26.8 Å². The van der Waals surface area contributed by atoms with Crippen LogP contribution in [-0.4, -0.2) is 29.0 Å². The maximum Gasteiger partial charge on any atom is 0.417 e. The quantitative estimate of drug-likeness (QED) is 0.778. The lowest BCUT2D eigenvalue weighted by atomic mass is 10.1. The van der Waals surface area contributed by atoms with Crippen molar-refractivity contribution in [2.45, 2.75) is 39.2 Å². The minimum atomic E-state index is -0.628. The van der Waals surface area contributed by atoms with Gasteiger partial charge in [0, 0.05) is 6.54 Å². The Morgan fingerprint density at radius 1 is 1.24 bits per heavy atom. The highest BCUT2D eigenvalue weighted by Crippen LogP contribution is 2.12. The van der Waals surface area contributed by atoms with Gasteiger partial charge in [0.05, 0.1) is 6.42 Å². The molecule has 0 unspecified atom stereocenters. The molecule has 0 saturated heterocycles. The van der Waals surface area contributed by atoms with Gasteiger partial charge in [-0.15, -0.1) is 6.58 Å². The number of hydrogen-bond acceptors (Lipinski definition) is 3. The van der Waals surface area contributed by atoms with E-state index in [0.29, 0.717) is 6.42 Å². The molecule has 0 atom stereocenters. The van der Waals surface area contributed by atoms with Crippen molar-refractivity contribution in [1.82, 2.24) is 4.90 Å². The predicted molar refractivity (Wildman–Crippen MR) is 82.9 cm³/mol. The SMILES string of the molecule is C=CCCN(C(=O)Cc1ccccc1)C(=O)OC(C)(C)C. The number of imide groups is 1. The van der Waals surface area contributed by atoms with Crippen LogP contribution in [0.15, 0.2) is 43.0 Å². The highest BCUT2D eigenvalue weighted by atomic mass is 16.6. The molecular formula is C17H23NO3. The number of nitrogens with zero attached hydrogens (tertiary/aromatic N) is 1. The summed E-state index contributed by atoms with van der Waals surface area (Å²) < 4.78 is 5.29. The summed E-state index contributed by atoms with van der Waals surface area (Å²) in [6.07, 6.45) is 1.79. The van der Waals surface area contributed by atoms with Crippen LogP contribution in [0.4, 0.5) is 4.79 Å². The highest BCUT2D eigenvalue weighted by molar-refractivity contribution is 5.93. The number of amides is 2. The second-order valence-electron chi connectivity index (χ2n) is 5.77. The van der Waals surface area contributed by atoms with E-state index in [0.717, 1.165) is 10.5 Å². The van der Waals surface area contributed by atoms with Crippen LogP contribution in [0.2, 0.25) is 0 Å². The van der Waals surface area contributed by atoms with Crippen molar-refractivity contribution in [3.8, 4) is 0 Å². The summed E-state index contributed by atoms with van der Waals surface area (Å²) in [4.78, 5) is 25.6. The fourth-order valence-corrected chi connectivity index (χ4v) is 1.72. The molecule has 0 heterocycles. The van der Waals surface area contributed by atoms with Crippen molar-refractivity contribution < 1.29 is 14.3 Å². The second-order valence-corrected chi connectivity index (χ2v) is 5.77. The van der Waals surface area contributed by atoms with Gasteiger partial charge in [0.2, 0.25) is 5.91 Å². The number of rotatable bonds is 5. The van der Waals surface area contributed by atoms with E-state index in [1.165, 1.54) is 0 Å². The third-order valence-electron chi connectivity index (χ3n) is 2.67. The smallest absolute Gasteiger partial charge is 0.417 e. The first kappa shape index (κ1) is 17.0. The first-order valence-electron chi connectivity index (χ1n) is 7.01. The van der Waals surface area contributed by atoms with E-state index in [1.807, 2.05) is 30.3 Å². The molecule has 1 aromatic rings. The van der Waals surface area contributed by atoms with Gasteiger partial charge in [-0.1, -0.05) is 36.4 Å². The molecule has 0 spiro atoms. The Kier molecular flexibility index (Phi) is 6.15. The lowest BCUT2D eigenvalue weighted by Crippen LogP contribution is -2.42. The molecule has 0 radical (unpaired) electrons. The van der Waals surface area contributed by atoms with Crippen molar-refractivity contribution >= 4 is 12.0 Å². The van der Waals surface area contributed by atoms with Crippen LogP contribution in [0.1, 0.15) is 32.8 Å². The Bertz CT molecular complexity index is 489. The molecule has 0 aliphatic carbocycles. The summed E-state index contributed by atoms with van der Waals surface area (Å²) in [6.45, 7) is 9.23. The van der Waals surface area contributed by atoms with Crippen molar-refractivity contribution in [2.24, 2.45) is 0 Å². The Morgan fingerprint density at radius 2 is 1.86 bits per heavy atom. The Morgan fingerprint density at radius 3 is 2.38 bits per heavy atom. The molecule has 1 rings (SSSR count). The number of hydrogen-bond donors (Lipinski definition) is 0. The summed E-state index contributed by atoms with van der Waals surface area (Å²) in [5, 5.41) is 0. The lowest BCUT2D eigenvalue weighted by Gasteiger charge is -2.26. The van der Waals surface area contributed by atoms with Crippen LogP contribution < -0.4 is 0 Å². The van der Waals surface area contributed by atoms with E-state index < -0.39 is 11.7 Å². The highest BCUT2D eigenvalue weighted by Gasteiger charge is 2.26. The fraction of sp³-hybridized carbons (Fsp3) is 0.412. The lowest BCUT2D eigenvalue weighted by molar-refractivity contribution is -0.129. The number of carbonyl (C=O) groups excluding carboxylic acids is 2. The van der Waals surface area contributed by atoms with Gasteiger partial charge in [-0.05, 0) is 32.8 Å². The Labute approximate surface area is 126 Å². The van der Waals surface area contributed by atoms with Gasteiger partial charge in [-0.3, -0.25) is 4.79 Å². The first-order valence-corrected chi connectivity index (χ1v) is 7.01. The Balaban J connectivity index is 2.78. The zero-order chi connectivity index (χ0) is 15.9. The van der Waals surface area contributed by atoms with Gasteiger partial charge in [-0.2, -0.15) is 0 Å². The maximum atomic E-state index is 12.3. The molecule has 0 N–H and O–H groups in total. The molecule has 0 aliphatic rings. The van der Waals surface area contributed by atoms with Crippen LogP contribution in [0.5, 0.6) is 0 Å². The minimum Gasteiger partial charge on any atom is -0.443 e. The molecule has 0 fully saturated rings. The average molecular weight is 289 g/mol. The molecule has 0 aliphatic heterocycles. The summed E-state index contributed by atoms with van der Waals surface area (Å²) >= 11 is 0. The third kappa shape index (κ3) is 6.25. The van der Waals surface area contributed by atoms with Crippen LogP contribution >= 0.6 is 0 Å². The monoisotopic (exact) mass is 289 g/mol. The molecule has 2 amide bonds. The molecule has 4 nitrogen and oxygen atoms in total. The topological polar surface area (TPSA) is 46.6 Å². The summed E-state index contributed by atoms with van der Waals surface area (Å²) in [5.74, 6) is -0.266. The van der Waals surface area contributed by atoms with Crippen LogP contribution in [0.25, 0.3) is 0 Å². The van der Waals surface area contributed by atoms with Crippen LogP contribution in [-0.2, 0) is 16.0 Å². The number of carbonyl (C=O) groups is 2. The molecule has 1 aromatic carbocycles. The summed E-state index contributed by atoms with van der Waals surface area (Å²) in [5.41, 5.74) is 0.242. The average Bonchev–Trinajstić information content (AvgIpc) is 2.38. The van der Waals surface area contributed by atoms with Gasteiger partial charge in [0.15, 0.2) is 0 Å². The van der Waals surface area contributed by atoms with Crippen LogP contribution in [0.3, 0.4) is 0 Å². The molecular weight excluding hydrogens is 266 g/mol. The molecule has 0 bridgehead atoms. The molecule has 4 heteroatoms. The number of benzene rings is 1. The van der Waals surface area contributed by atoms with Crippen molar-refractivity contribution in [1.29, 1.82) is 0 Å². The van der Waals surface area contributed by atoms with E-state index in [2.05, 4.69) is 6.58 Å². The van der Waals surface area contributed by atoms with E-state index >= 15 is 0 Å². The number of ether oxygens (including phenoxy) is 1. The third-order valence-corrected chi connectivity index (χ3v) is 2.67. The predicted octanol–water partition coefficient (Wildman–Crippen LogP) is 3.57. The normalized spacial score (nSPS) is 10.8. The fourth-order valence-electron chi connectivity index (χ4n) is 1.72. The Hall–Kier alpha value is -2.10. The largest absolute Gasteiger partial charge is 0.443 e. The summed E-state index contributed by atoms with van der Waals surface area (Å²) in [6, 6.07) is 9.34.